The number of carbonyl (C=O) groups is 2. The van der Waals surface area contributed by atoms with E-state index in [9.17, 15) is 9.59 Å². The molecular formula is C15H22N2O3. The third-order valence-electron chi connectivity index (χ3n) is 2.93. The Morgan fingerprint density at radius 2 is 2.00 bits per heavy atom. The summed E-state index contributed by atoms with van der Waals surface area (Å²) < 4.78 is 0. The molecule has 0 radical (unpaired) electrons. The predicted molar refractivity (Wildman–Crippen MR) is 75.9 cm³/mol. The molecule has 1 unspecified atom stereocenters. The SMILES string of the molecule is CC(C)CC(=O)N(Cc1ccccn1)CC(C)C(=O)O. The Kier molecular flexibility index (Phi) is 6.15. The van der Waals surface area contributed by atoms with Gasteiger partial charge in [0.2, 0.25) is 5.91 Å². The minimum Gasteiger partial charge on any atom is -0.481 e. The molecule has 5 heteroatoms. The molecule has 0 spiro atoms. The van der Waals surface area contributed by atoms with Crippen LogP contribution in [0.3, 0.4) is 0 Å². The van der Waals surface area contributed by atoms with Gasteiger partial charge >= 0.3 is 5.97 Å². The summed E-state index contributed by atoms with van der Waals surface area (Å²) in [6.07, 6.45) is 2.08. The third kappa shape index (κ3) is 5.38. The number of aromatic nitrogens is 1. The van der Waals surface area contributed by atoms with E-state index in [4.69, 9.17) is 5.11 Å². The highest BCUT2D eigenvalue weighted by molar-refractivity contribution is 5.77. The van der Waals surface area contributed by atoms with E-state index >= 15 is 0 Å². The molecule has 1 amide bonds. The van der Waals surface area contributed by atoms with Gasteiger partial charge in [-0.2, -0.15) is 0 Å². The van der Waals surface area contributed by atoms with Gasteiger partial charge in [0.1, 0.15) is 0 Å². The average molecular weight is 278 g/mol. The van der Waals surface area contributed by atoms with Gasteiger partial charge in [-0.15, -0.1) is 0 Å². The number of hydrogen-bond donors (Lipinski definition) is 1. The largest absolute Gasteiger partial charge is 0.481 e. The molecule has 1 atom stereocenters. The highest BCUT2D eigenvalue weighted by Gasteiger charge is 2.21. The number of nitrogens with zero attached hydrogens (tertiary/aromatic N) is 2. The second-order valence-electron chi connectivity index (χ2n) is 5.43. The summed E-state index contributed by atoms with van der Waals surface area (Å²) in [7, 11) is 0. The molecule has 0 bridgehead atoms. The highest BCUT2D eigenvalue weighted by atomic mass is 16.4. The Balaban J connectivity index is 2.78. The van der Waals surface area contributed by atoms with E-state index in [1.54, 1.807) is 18.0 Å². The number of carbonyl (C=O) groups excluding carboxylic acids is 1. The lowest BCUT2D eigenvalue weighted by Gasteiger charge is -2.25. The zero-order chi connectivity index (χ0) is 15.1. The lowest BCUT2D eigenvalue weighted by Crippen LogP contribution is -2.37. The summed E-state index contributed by atoms with van der Waals surface area (Å²) in [5, 5.41) is 9.01. The maximum absolute atomic E-state index is 12.2. The number of carboxylic acid groups (broad SMARTS) is 1. The van der Waals surface area contributed by atoms with Crippen LogP contribution in [0.15, 0.2) is 24.4 Å². The van der Waals surface area contributed by atoms with Gasteiger partial charge in [0.05, 0.1) is 18.2 Å². The standard InChI is InChI=1S/C15H22N2O3/c1-11(2)8-14(18)17(9-12(3)15(19)20)10-13-6-4-5-7-16-13/h4-7,11-12H,8-10H2,1-3H3,(H,19,20). The number of rotatable bonds is 7. The number of pyridine rings is 1. The minimum atomic E-state index is -0.895. The molecule has 1 N–H and O–H groups in total. The Labute approximate surface area is 119 Å². The summed E-state index contributed by atoms with van der Waals surface area (Å²) in [6.45, 7) is 6.10. The Bertz CT molecular complexity index is 446. The topological polar surface area (TPSA) is 70.5 Å². The average Bonchev–Trinajstić information content (AvgIpc) is 2.38. The van der Waals surface area contributed by atoms with Crippen LogP contribution in [0.5, 0.6) is 0 Å². The maximum Gasteiger partial charge on any atom is 0.308 e. The van der Waals surface area contributed by atoms with E-state index < -0.39 is 11.9 Å². The van der Waals surface area contributed by atoms with Crippen molar-refractivity contribution >= 4 is 11.9 Å². The van der Waals surface area contributed by atoms with E-state index in [2.05, 4.69) is 4.98 Å². The van der Waals surface area contributed by atoms with Crippen molar-refractivity contribution in [1.29, 1.82) is 0 Å². The molecule has 20 heavy (non-hydrogen) atoms. The molecule has 0 fully saturated rings. The van der Waals surface area contributed by atoms with E-state index in [0.29, 0.717) is 13.0 Å². The van der Waals surface area contributed by atoms with Crippen LogP contribution in [0.1, 0.15) is 32.9 Å². The summed E-state index contributed by atoms with van der Waals surface area (Å²) in [4.78, 5) is 29.0. The molecule has 0 aliphatic rings. The van der Waals surface area contributed by atoms with Crippen molar-refractivity contribution in [3.05, 3.63) is 30.1 Å². The first-order valence-corrected chi connectivity index (χ1v) is 6.80. The molecule has 1 aromatic rings. The van der Waals surface area contributed by atoms with Gasteiger partial charge in [0.15, 0.2) is 0 Å². The van der Waals surface area contributed by atoms with Crippen molar-refractivity contribution in [2.24, 2.45) is 11.8 Å². The number of aliphatic carboxylic acids is 1. The van der Waals surface area contributed by atoms with E-state index in [0.717, 1.165) is 5.69 Å². The zero-order valence-corrected chi connectivity index (χ0v) is 12.2. The number of amides is 1. The molecule has 1 heterocycles. The van der Waals surface area contributed by atoms with Crippen molar-refractivity contribution in [3.63, 3.8) is 0 Å². The molecular weight excluding hydrogens is 256 g/mol. The van der Waals surface area contributed by atoms with Gasteiger partial charge in [0.25, 0.3) is 0 Å². The molecule has 0 aliphatic heterocycles. The molecule has 1 aromatic heterocycles. The fourth-order valence-corrected chi connectivity index (χ4v) is 1.83. The van der Waals surface area contributed by atoms with Crippen LogP contribution < -0.4 is 0 Å². The van der Waals surface area contributed by atoms with Crippen LogP contribution >= 0.6 is 0 Å². The van der Waals surface area contributed by atoms with Gasteiger partial charge < -0.3 is 10.0 Å². The van der Waals surface area contributed by atoms with Crippen LogP contribution in [0.4, 0.5) is 0 Å². The lowest BCUT2D eigenvalue weighted by atomic mass is 10.1. The normalized spacial score (nSPS) is 12.2. The Morgan fingerprint density at radius 3 is 2.50 bits per heavy atom. The van der Waals surface area contributed by atoms with E-state index in [1.165, 1.54) is 0 Å². The molecule has 0 saturated heterocycles. The Hall–Kier alpha value is -1.91. The first-order chi connectivity index (χ1) is 9.40. The van der Waals surface area contributed by atoms with Crippen molar-refractivity contribution in [2.75, 3.05) is 6.54 Å². The number of carboxylic acids is 1. The fraction of sp³-hybridized carbons (Fsp3) is 0.533. The summed E-state index contributed by atoms with van der Waals surface area (Å²) in [5.41, 5.74) is 0.766. The van der Waals surface area contributed by atoms with Crippen LogP contribution in [0, 0.1) is 11.8 Å². The molecule has 110 valence electrons. The highest BCUT2D eigenvalue weighted by Crippen LogP contribution is 2.11. The van der Waals surface area contributed by atoms with Gasteiger partial charge in [-0.3, -0.25) is 14.6 Å². The van der Waals surface area contributed by atoms with E-state index in [1.807, 2.05) is 32.0 Å². The quantitative estimate of drug-likeness (QED) is 0.830. The summed E-state index contributed by atoms with van der Waals surface area (Å²) >= 11 is 0. The smallest absolute Gasteiger partial charge is 0.308 e. The van der Waals surface area contributed by atoms with Crippen LogP contribution in [0.2, 0.25) is 0 Å². The summed E-state index contributed by atoms with van der Waals surface area (Å²) in [5.74, 6) is -1.27. The van der Waals surface area contributed by atoms with Crippen LogP contribution in [0.25, 0.3) is 0 Å². The van der Waals surface area contributed by atoms with Gasteiger partial charge in [0, 0.05) is 19.2 Å². The molecule has 0 aliphatic carbocycles. The zero-order valence-electron chi connectivity index (χ0n) is 12.2. The first-order valence-electron chi connectivity index (χ1n) is 6.80. The minimum absolute atomic E-state index is 0.0289. The molecule has 0 saturated carbocycles. The second-order valence-corrected chi connectivity index (χ2v) is 5.43. The predicted octanol–water partition coefficient (Wildman–Crippen LogP) is 2.18. The van der Waals surface area contributed by atoms with Crippen molar-refractivity contribution < 1.29 is 14.7 Å². The van der Waals surface area contributed by atoms with Gasteiger partial charge in [-0.1, -0.05) is 26.8 Å². The van der Waals surface area contributed by atoms with E-state index in [-0.39, 0.29) is 18.4 Å². The lowest BCUT2D eigenvalue weighted by molar-refractivity contribution is -0.143. The Morgan fingerprint density at radius 1 is 1.30 bits per heavy atom. The maximum atomic E-state index is 12.2. The van der Waals surface area contributed by atoms with Gasteiger partial charge in [-0.05, 0) is 18.1 Å². The first kappa shape index (κ1) is 16.1. The van der Waals surface area contributed by atoms with Crippen molar-refractivity contribution in [2.45, 2.75) is 33.7 Å². The molecule has 0 aromatic carbocycles. The third-order valence-corrected chi connectivity index (χ3v) is 2.93. The number of hydrogen-bond acceptors (Lipinski definition) is 3. The fourth-order valence-electron chi connectivity index (χ4n) is 1.83. The second kappa shape index (κ2) is 7.62. The van der Waals surface area contributed by atoms with Crippen molar-refractivity contribution in [3.8, 4) is 0 Å². The van der Waals surface area contributed by atoms with Crippen LogP contribution in [-0.2, 0) is 16.1 Å². The summed E-state index contributed by atoms with van der Waals surface area (Å²) in [6, 6.07) is 5.50. The van der Waals surface area contributed by atoms with Gasteiger partial charge in [-0.25, -0.2) is 0 Å². The molecule has 1 rings (SSSR count). The molecule has 5 nitrogen and oxygen atoms in total. The monoisotopic (exact) mass is 278 g/mol. The van der Waals surface area contributed by atoms with Crippen LogP contribution in [-0.4, -0.2) is 33.4 Å². The van der Waals surface area contributed by atoms with Crippen molar-refractivity contribution in [1.82, 2.24) is 9.88 Å².